The van der Waals surface area contributed by atoms with Gasteiger partial charge in [-0.25, -0.2) is 19.9 Å². The minimum Gasteiger partial charge on any atom is -0.369 e. The Hall–Kier alpha value is -3.54. The smallest absolute Gasteiger partial charge is 0.219 e. The number of nitrogens with zero attached hydrogens (tertiary/aromatic N) is 4. The van der Waals surface area contributed by atoms with Crippen molar-refractivity contribution in [2.24, 2.45) is 5.92 Å². The van der Waals surface area contributed by atoms with Crippen molar-refractivity contribution >= 4 is 22.7 Å². The Labute approximate surface area is 188 Å². The summed E-state index contributed by atoms with van der Waals surface area (Å²) in [5.74, 6) is 2.83. The molecule has 1 unspecified atom stereocenters. The molecule has 2 heterocycles. The Bertz CT molecular complexity index is 1170. The SMILES string of the molecule is Nc1ncc(-c2nc(NCC(c3ccccc3)C3CCCCC3)c3ccccc3n2)cn1. The molecule has 32 heavy (non-hydrogen) atoms. The van der Waals surface area contributed by atoms with Gasteiger partial charge in [0.1, 0.15) is 5.82 Å². The van der Waals surface area contributed by atoms with Gasteiger partial charge >= 0.3 is 0 Å². The molecule has 6 heteroatoms. The molecule has 1 aliphatic rings. The average Bonchev–Trinajstić information content (AvgIpc) is 2.86. The number of para-hydroxylation sites is 1. The summed E-state index contributed by atoms with van der Waals surface area (Å²) in [7, 11) is 0. The summed E-state index contributed by atoms with van der Waals surface area (Å²) in [5.41, 5.74) is 8.70. The summed E-state index contributed by atoms with van der Waals surface area (Å²) in [6.45, 7) is 0.841. The van der Waals surface area contributed by atoms with E-state index in [1.807, 2.05) is 18.2 Å². The van der Waals surface area contributed by atoms with E-state index < -0.39 is 0 Å². The van der Waals surface area contributed by atoms with E-state index >= 15 is 0 Å². The first-order valence-corrected chi connectivity index (χ1v) is 11.4. The van der Waals surface area contributed by atoms with Crippen molar-refractivity contribution in [3.05, 3.63) is 72.6 Å². The molecule has 0 amide bonds. The maximum Gasteiger partial charge on any atom is 0.219 e. The molecule has 1 saturated carbocycles. The first-order chi connectivity index (χ1) is 15.8. The molecule has 0 aliphatic heterocycles. The highest BCUT2D eigenvalue weighted by Gasteiger charge is 2.25. The monoisotopic (exact) mass is 424 g/mol. The van der Waals surface area contributed by atoms with Crippen LogP contribution in [0.3, 0.4) is 0 Å². The van der Waals surface area contributed by atoms with Gasteiger partial charge in [0.25, 0.3) is 0 Å². The second-order valence-electron chi connectivity index (χ2n) is 8.54. The molecule has 3 N–H and O–H groups in total. The highest BCUT2D eigenvalue weighted by molar-refractivity contribution is 5.90. The quantitative estimate of drug-likeness (QED) is 0.428. The van der Waals surface area contributed by atoms with Crippen molar-refractivity contribution in [1.82, 2.24) is 19.9 Å². The normalized spacial score (nSPS) is 15.5. The second-order valence-corrected chi connectivity index (χ2v) is 8.54. The van der Waals surface area contributed by atoms with Gasteiger partial charge in [0.15, 0.2) is 5.82 Å². The molecule has 4 aromatic rings. The molecule has 0 saturated heterocycles. The van der Waals surface area contributed by atoms with Crippen molar-refractivity contribution in [2.45, 2.75) is 38.0 Å². The first-order valence-electron chi connectivity index (χ1n) is 11.4. The van der Waals surface area contributed by atoms with E-state index in [4.69, 9.17) is 15.7 Å². The lowest BCUT2D eigenvalue weighted by Crippen LogP contribution is -2.23. The van der Waals surface area contributed by atoms with Crippen molar-refractivity contribution in [3.63, 3.8) is 0 Å². The minimum atomic E-state index is 0.242. The molecule has 5 rings (SSSR count). The molecule has 2 aromatic heterocycles. The van der Waals surface area contributed by atoms with Crippen molar-refractivity contribution in [2.75, 3.05) is 17.6 Å². The van der Waals surface area contributed by atoms with Crippen LogP contribution in [0.25, 0.3) is 22.3 Å². The van der Waals surface area contributed by atoms with Crippen molar-refractivity contribution in [1.29, 1.82) is 0 Å². The van der Waals surface area contributed by atoms with Crippen LogP contribution in [0, 0.1) is 5.92 Å². The topological polar surface area (TPSA) is 89.6 Å². The highest BCUT2D eigenvalue weighted by Crippen LogP contribution is 2.36. The summed E-state index contributed by atoms with van der Waals surface area (Å²) in [5, 5.41) is 4.71. The predicted octanol–water partition coefficient (Wildman–Crippen LogP) is 5.45. The van der Waals surface area contributed by atoms with Gasteiger partial charge in [0.2, 0.25) is 5.95 Å². The fourth-order valence-electron chi connectivity index (χ4n) is 4.79. The fourth-order valence-corrected chi connectivity index (χ4v) is 4.79. The van der Waals surface area contributed by atoms with Crippen molar-refractivity contribution < 1.29 is 0 Å². The van der Waals surface area contributed by atoms with Crippen LogP contribution in [-0.4, -0.2) is 26.5 Å². The van der Waals surface area contributed by atoms with E-state index in [-0.39, 0.29) is 5.95 Å². The van der Waals surface area contributed by atoms with E-state index in [9.17, 15) is 0 Å². The molecular formula is C26H28N6. The van der Waals surface area contributed by atoms with Gasteiger partial charge in [-0.3, -0.25) is 0 Å². The number of rotatable bonds is 6. The number of nitrogen functional groups attached to an aromatic ring is 1. The molecule has 1 aliphatic carbocycles. The Morgan fingerprint density at radius 2 is 1.59 bits per heavy atom. The first kappa shape index (κ1) is 20.4. The van der Waals surface area contributed by atoms with Gasteiger partial charge in [-0.1, -0.05) is 61.7 Å². The van der Waals surface area contributed by atoms with Gasteiger partial charge in [0.05, 0.1) is 11.1 Å². The zero-order valence-corrected chi connectivity index (χ0v) is 18.1. The van der Waals surface area contributed by atoms with Gasteiger partial charge in [-0.2, -0.15) is 0 Å². The lowest BCUT2D eigenvalue weighted by atomic mass is 9.77. The summed E-state index contributed by atoms with van der Waals surface area (Å²) in [4.78, 5) is 17.8. The minimum absolute atomic E-state index is 0.242. The molecule has 6 nitrogen and oxygen atoms in total. The number of benzene rings is 2. The van der Waals surface area contributed by atoms with Gasteiger partial charge < -0.3 is 11.1 Å². The number of fused-ring (bicyclic) bond motifs is 1. The fraction of sp³-hybridized carbons (Fsp3) is 0.308. The van der Waals surface area contributed by atoms with Gasteiger partial charge in [0, 0.05) is 30.2 Å². The number of nitrogens with one attached hydrogen (secondary N) is 1. The molecule has 0 bridgehead atoms. The molecule has 0 spiro atoms. The summed E-state index contributed by atoms with van der Waals surface area (Å²) >= 11 is 0. The maximum absolute atomic E-state index is 5.66. The molecule has 1 atom stereocenters. The Balaban J connectivity index is 1.48. The zero-order valence-electron chi connectivity index (χ0n) is 18.1. The zero-order chi connectivity index (χ0) is 21.8. The lowest BCUT2D eigenvalue weighted by molar-refractivity contribution is 0.311. The summed E-state index contributed by atoms with van der Waals surface area (Å²) in [6.07, 6.45) is 9.93. The van der Waals surface area contributed by atoms with Crippen LogP contribution in [0.5, 0.6) is 0 Å². The van der Waals surface area contributed by atoms with Crippen LogP contribution >= 0.6 is 0 Å². The number of aromatic nitrogens is 4. The molecule has 0 radical (unpaired) electrons. The number of nitrogens with two attached hydrogens (primary N) is 1. The van der Waals surface area contributed by atoms with E-state index in [1.165, 1.54) is 37.7 Å². The average molecular weight is 425 g/mol. The van der Waals surface area contributed by atoms with E-state index in [2.05, 4.69) is 51.7 Å². The standard InChI is InChI=1S/C26H28N6/c27-26-29-15-20(16-30-26)24-31-23-14-8-7-13-21(23)25(32-24)28-17-22(18-9-3-1-4-10-18)19-11-5-2-6-12-19/h1,3-4,7-10,13-16,19,22H,2,5-6,11-12,17H2,(H2,27,29,30)(H,28,31,32). The van der Waals surface area contributed by atoms with Gasteiger partial charge in [-0.05, 0) is 36.5 Å². The second kappa shape index (κ2) is 9.30. The van der Waals surface area contributed by atoms with Crippen LogP contribution in [0.15, 0.2) is 67.0 Å². The van der Waals surface area contributed by atoms with Crippen molar-refractivity contribution in [3.8, 4) is 11.4 Å². The van der Waals surface area contributed by atoms with E-state index in [1.54, 1.807) is 12.4 Å². The third kappa shape index (κ3) is 4.40. The number of hydrogen-bond acceptors (Lipinski definition) is 6. The molecule has 162 valence electrons. The highest BCUT2D eigenvalue weighted by atomic mass is 15.0. The van der Waals surface area contributed by atoms with Gasteiger partial charge in [-0.15, -0.1) is 0 Å². The van der Waals surface area contributed by atoms with Crippen LogP contribution in [0.1, 0.15) is 43.6 Å². The third-order valence-electron chi connectivity index (χ3n) is 6.47. The predicted molar refractivity (Wildman–Crippen MR) is 129 cm³/mol. The number of hydrogen-bond donors (Lipinski definition) is 2. The van der Waals surface area contributed by atoms with E-state index in [0.717, 1.165) is 28.8 Å². The largest absolute Gasteiger partial charge is 0.369 e. The molecule has 1 fully saturated rings. The van der Waals surface area contributed by atoms with Crippen LogP contribution in [0.4, 0.5) is 11.8 Å². The van der Waals surface area contributed by atoms with Crippen LogP contribution in [0.2, 0.25) is 0 Å². The number of anilines is 2. The Kier molecular flexibility index (Phi) is 5.92. The lowest BCUT2D eigenvalue weighted by Gasteiger charge is -2.31. The Morgan fingerprint density at radius 1 is 0.875 bits per heavy atom. The maximum atomic E-state index is 5.66. The van der Waals surface area contributed by atoms with Crippen LogP contribution in [-0.2, 0) is 0 Å². The Morgan fingerprint density at radius 3 is 2.38 bits per heavy atom. The van der Waals surface area contributed by atoms with Crippen LogP contribution < -0.4 is 11.1 Å². The molecular weight excluding hydrogens is 396 g/mol. The summed E-state index contributed by atoms with van der Waals surface area (Å²) < 4.78 is 0. The van der Waals surface area contributed by atoms with E-state index in [0.29, 0.717) is 17.7 Å². The summed E-state index contributed by atoms with van der Waals surface area (Å²) in [6, 6.07) is 19.0. The molecule has 2 aromatic carbocycles. The third-order valence-corrected chi connectivity index (χ3v) is 6.47.